The van der Waals surface area contributed by atoms with Crippen LogP contribution in [0.15, 0.2) is 65.7 Å². The molecule has 6 nitrogen and oxygen atoms in total. The first-order valence-electron chi connectivity index (χ1n) is 7.54. The molecule has 0 fully saturated rings. The Labute approximate surface area is 143 Å². The van der Waals surface area contributed by atoms with Crippen molar-refractivity contribution in [1.82, 2.24) is 8.96 Å². The summed E-state index contributed by atoms with van der Waals surface area (Å²) in [5.74, 6) is -0.472. The fourth-order valence-corrected chi connectivity index (χ4v) is 4.31. The lowest BCUT2D eigenvalue weighted by atomic mass is 10.1. The number of H-pyrrole nitrogens is 1. The Morgan fingerprint density at radius 1 is 1.04 bits per heavy atom. The van der Waals surface area contributed by atoms with Gasteiger partial charge in [0.2, 0.25) is 0 Å². The van der Waals surface area contributed by atoms with E-state index < -0.39 is 16.0 Å². The van der Waals surface area contributed by atoms with Crippen molar-refractivity contribution < 1.29 is 17.9 Å². The number of carbonyl (C=O) groups excluding carboxylic acids is 1. The number of hydrogen-bond donors (Lipinski definition) is 1. The fraction of sp³-hybridized carbons (Fsp3) is 0.0556. The van der Waals surface area contributed by atoms with Gasteiger partial charge in [0.25, 0.3) is 10.0 Å². The maximum absolute atomic E-state index is 12.9. The number of carbonyl (C=O) groups is 1. The number of aromatic nitrogens is 2. The van der Waals surface area contributed by atoms with Gasteiger partial charge >= 0.3 is 5.97 Å². The second-order valence-corrected chi connectivity index (χ2v) is 7.38. The van der Waals surface area contributed by atoms with Crippen LogP contribution in [-0.4, -0.2) is 30.5 Å². The number of nitrogens with zero attached hydrogens (tertiary/aromatic N) is 1. The van der Waals surface area contributed by atoms with Crippen molar-refractivity contribution in [1.29, 1.82) is 0 Å². The van der Waals surface area contributed by atoms with Gasteiger partial charge in [-0.1, -0.05) is 18.2 Å². The minimum Gasteiger partial charge on any atom is -0.464 e. The van der Waals surface area contributed by atoms with Crippen LogP contribution in [0.3, 0.4) is 0 Å². The summed E-state index contributed by atoms with van der Waals surface area (Å²) < 4.78 is 31.7. The molecule has 0 aliphatic heterocycles. The quantitative estimate of drug-likeness (QED) is 0.573. The van der Waals surface area contributed by atoms with Crippen LogP contribution < -0.4 is 0 Å². The summed E-state index contributed by atoms with van der Waals surface area (Å²) in [4.78, 5) is 14.9. The molecule has 0 aliphatic rings. The van der Waals surface area contributed by atoms with E-state index in [9.17, 15) is 13.2 Å². The standard InChI is InChI=1S/C18H14N2O4S/c1-24-18(21)16-11-14-13-9-10-20(17(13)8-7-15(14)19-16)25(22,23)12-5-3-2-4-6-12/h2-11,19H,1H3. The molecule has 0 atom stereocenters. The molecular weight excluding hydrogens is 340 g/mol. The number of methoxy groups -OCH3 is 1. The Balaban J connectivity index is 1.95. The molecule has 0 amide bonds. The highest BCUT2D eigenvalue weighted by Gasteiger charge is 2.20. The average molecular weight is 354 g/mol. The minimum absolute atomic E-state index is 0.219. The summed E-state index contributed by atoms with van der Waals surface area (Å²) in [5.41, 5.74) is 1.61. The van der Waals surface area contributed by atoms with Crippen molar-refractivity contribution in [3.05, 3.63) is 66.5 Å². The number of aromatic amines is 1. The summed E-state index contributed by atoms with van der Waals surface area (Å²) in [6.45, 7) is 0. The lowest BCUT2D eigenvalue weighted by Gasteiger charge is -2.07. The Morgan fingerprint density at radius 2 is 1.80 bits per heavy atom. The molecule has 0 saturated heterocycles. The van der Waals surface area contributed by atoms with Gasteiger partial charge in [-0.3, -0.25) is 0 Å². The van der Waals surface area contributed by atoms with Gasteiger partial charge in [0.05, 0.1) is 17.5 Å². The summed E-state index contributed by atoms with van der Waals surface area (Å²) in [7, 11) is -2.38. The van der Waals surface area contributed by atoms with Crippen LogP contribution in [0, 0.1) is 0 Å². The van der Waals surface area contributed by atoms with Gasteiger partial charge in [-0.25, -0.2) is 17.2 Å². The molecule has 4 aromatic rings. The first-order valence-corrected chi connectivity index (χ1v) is 8.98. The molecule has 4 rings (SSSR count). The Morgan fingerprint density at radius 3 is 2.52 bits per heavy atom. The van der Waals surface area contributed by atoms with E-state index in [1.165, 1.54) is 17.3 Å². The van der Waals surface area contributed by atoms with Crippen molar-refractivity contribution in [2.75, 3.05) is 7.11 Å². The molecule has 0 radical (unpaired) electrons. The average Bonchev–Trinajstić information content (AvgIpc) is 3.25. The molecule has 0 saturated carbocycles. The molecule has 0 bridgehead atoms. The van der Waals surface area contributed by atoms with E-state index in [-0.39, 0.29) is 4.90 Å². The van der Waals surface area contributed by atoms with Gasteiger partial charge < -0.3 is 9.72 Å². The number of fused-ring (bicyclic) bond motifs is 3. The van der Waals surface area contributed by atoms with Crippen LogP contribution in [0.2, 0.25) is 0 Å². The third-order valence-corrected chi connectivity index (χ3v) is 5.85. The van der Waals surface area contributed by atoms with Crippen molar-refractivity contribution >= 4 is 37.8 Å². The number of nitrogens with one attached hydrogen (secondary N) is 1. The fourth-order valence-electron chi connectivity index (χ4n) is 2.94. The Bertz CT molecular complexity index is 1200. The molecule has 2 aromatic heterocycles. The number of hydrogen-bond acceptors (Lipinski definition) is 4. The summed E-state index contributed by atoms with van der Waals surface area (Å²) in [5, 5.41) is 1.50. The molecule has 0 unspecified atom stereocenters. The summed E-state index contributed by atoms with van der Waals surface area (Å²) in [6.07, 6.45) is 1.53. The second kappa shape index (κ2) is 5.49. The lowest BCUT2D eigenvalue weighted by molar-refractivity contribution is 0.0595. The van der Waals surface area contributed by atoms with E-state index in [2.05, 4.69) is 4.98 Å². The summed E-state index contributed by atoms with van der Waals surface area (Å²) >= 11 is 0. The van der Waals surface area contributed by atoms with Crippen LogP contribution in [0.4, 0.5) is 0 Å². The molecule has 1 N–H and O–H groups in total. The van der Waals surface area contributed by atoms with Crippen molar-refractivity contribution in [3.63, 3.8) is 0 Å². The molecule has 0 spiro atoms. The zero-order valence-electron chi connectivity index (χ0n) is 13.3. The SMILES string of the molecule is COC(=O)c1cc2c(ccc3c2ccn3S(=O)(=O)c2ccccc2)[nH]1. The van der Waals surface area contributed by atoms with Crippen molar-refractivity contribution in [2.24, 2.45) is 0 Å². The van der Waals surface area contributed by atoms with E-state index in [1.54, 1.807) is 54.6 Å². The highest BCUT2D eigenvalue weighted by Crippen LogP contribution is 2.29. The minimum atomic E-state index is -3.69. The van der Waals surface area contributed by atoms with Gasteiger partial charge in [-0.15, -0.1) is 0 Å². The molecule has 25 heavy (non-hydrogen) atoms. The molecular formula is C18H14N2O4S. The predicted molar refractivity (Wildman–Crippen MR) is 94.2 cm³/mol. The van der Waals surface area contributed by atoms with Crippen molar-refractivity contribution in [2.45, 2.75) is 4.90 Å². The zero-order chi connectivity index (χ0) is 17.6. The van der Waals surface area contributed by atoms with E-state index in [4.69, 9.17) is 4.74 Å². The van der Waals surface area contributed by atoms with E-state index in [1.807, 2.05) is 0 Å². The summed E-state index contributed by atoms with van der Waals surface area (Å²) in [6, 6.07) is 15.1. The monoisotopic (exact) mass is 354 g/mol. The molecule has 7 heteroatoms. The second-order valence-electron chi connectivity index (χ2n) is 5.56. The smallest absolute Gasteiger partial charge is 0.354 e. The van der Waals surface area contributed by atoms with E-state index >= 15 is 0 Å². The topological polar surface area (TPSA) is 81.2 Å². The molecule has 126 valence electrons. The lowest BCUT2D eigenvalue weighted by Crippen LogP contribution is -2.11. The molecule has 2 aromatic carbocycles. The van der Waals surface area contributed by atoms with Crippen LogP contribution in [0.5, 0.6) is 0 Å². The molecule has 2 heterocycles. The third kappa shape index (κ3) is 2.32. The van der Waals surface area contributed by atoms with Gasteiger partial charge in [0.15, 0.2) is 0 Å². The van der Waals surface area contributed by atoms with Crippen LogP contribution in [-0.2, 0) is 14.8 Å². The van der Waals surface area contributed by atoms with Crippen LogP contribution >= 0.6 is 0 Å². The zero-order valence-corrected chi connectivity index (χ0v) is 14.1. The highest BCUT2D eigenvalue weighted by atomic mass is 32.2. The number of esters is 1. The predicted octanol–water partition coefficient (Wildman–Crippen LogP) is 3.15. The Kier molecular flexibility index (Phi) is 3.40. The van der Waals surface area contributed by atoms with Gasteiger partial charge in [0, 0.05) is 22.5 Å². The number of benzene rings is 2. The normalized spacial score (nSPS) is 11.9. The van der Waals surface area contributed by atoms with Crippen LogP contribution in [0.1, 0.15) is 10.5 Å². The van der Waals surface area contributed by atoms with Gasteiger partial charge in [0.1, 0.15) is 5.69 Å². The third-order valence-electron chi connectivity index (χ3n) is 4.14. The number of rotatable bonds is 3. The van der Waals surface area contributed by atoms with Crippen LogP contribution in [0.25, 0.3) is 21.8 Å². The maximum atomic E-state index is 12.9. The molecule has 0 aliphatic carbocycles. The first-order chi connectivity index (χ1) is 12.0. The van der Waals surface area contributed by atoms with Crippen molar-refractivity contribution in [3.8, 4) is 0 Å². The van der Waals surface area contributed by atoms with E-state index in [0.29, 0.717) is 11.2 Å². The first kappa shape index (κ1) is 15.5. The largest absolute Gasteiger partial charge is 0.464 e. The highest BCUT2D eigenvalue weighted by molar-refractivity contribution is 7.90. The van der Waals surface area contributed by atoms with Gasteiger partial charge in [-0.2, -0.15) is 0 Å². The van der Waals surface area contributed by atoms with E-state index in [0.717, 1.165) is 16.3 Å². The number of ether oxygens (including phenoxy) is 1. The Hall–Kier alpha value is -3.06. The van der Waals surface area contributed by atoms with Gasteiger partial charge in [-0.05, 0) is 36.4 Å². The maximum Gasteiger partial charge on any atom is 0.354 e.